The van der Waals surface area contributed by atoms with Crippen molar-refractivity contribution in [3.05, 3.63) is 0 Å². The van der Waals surface area contributed by atoms with Crippen molar-refractivity contribution in [2.24, 2.45) is 0 Å². The van der Waals surface area contributed by atoms with Gasteiger partial charge in [0.25, 0.3) is 0 Å². The molecule has 14 heavy (non-hydrogen) atoms. The topological polar surface area (TPSA) is 80.3 Å². The number of rotatable bonds is 4. The lowest BCUT2D eigenvalue weighted by atomic mass is 10.4. The van der Waals surface area contributed by atoms with Crippen LogP contribution in [-0.2, 0) is 9.59 Å². The van der Waals surface area contributed by atoms with Crippen molar-refractivity contribution in [1.29, 1.82) is 0 Å². The Balaban J connectivity index is 0. The van der Waals surface area contributed by atoms with Gasteiger partial charge in [-0.2, -0.15) is 0 Å². The molecule has 0 saturated heterocycles. The minimum Gasteiger partial charge on any atom is -0.550 e. The van der Waals surface area contributed by atoms with Crippen LogP contribution in [0.25, 0.3) is 0 Å². The Labute approximate surface area is 84.5 Å². The van der Waals surface area contributed by atoms with Gasteiger partial charge in [-0.1, -0.05) is 13.3 Å². The number of quaternary nitrogens is 1. The zero-order chi connectivity index (χ0) is 11.8. The predicted molar refractivity (Wildman–Crippen MR) is 47.8 cm³/mol. The highest BCUT2D eigenvalue weighted by Gasteiger charge is 2.04. The molecule has 0 aromatic heterocycles. The standard InChI is InChI=1S/C5H11NO2.C4H8O2/c1-6(2,3)4-5(7)8;1-2-3-4(5)6/h4H2,1-3H3;2-3H2,1H3,(H,5,6)/p-1. The van der Waals surface area contributed by atoms with E-state index in [0.29, 0.717) is 10.9 Å². The summed E-state index contributed by atoms with van der Waals surface area (Å²) < 4.78 is 0.419. The molecule has 0 unspecified atom stereocenters. The van der Waals surface area contributed by atoms with Crippen LogP contribution in [0.5, 0.6) is 0 Å². The van der Waals surface area contributed by atoms with Gasteiger partial charge in [0.05, 0.1) is 27.1 Å². The molecular weight excluding hydrogens is 186 g/mol. The molecule has 0 aliphatic carbocycles. The van der Waals surface area contributed by atoms with Crippen molar-refractivity contribution in [3.8, 4) is 0 Å². The van der Waals surface area contributed by atoms with E-state index in [0.717, 1.165) is 0 Å². The molecule has 0 aromatic carbocycles. The summed E-state index contributed by atoms with van der Waals surface area (Å²) in [4.78, 5) is 19.4. The van der Waals surface area contributed by atoms with Gasteiger partial charge in [0.15, 0.2) is 0 Å². The van der Waals surface area contributed by atoms with Gasteiger partial charge < -0.3 is 24.3 Å². The van der Waals surface area contributed by atoms with Crippen molar-refractivity contribution in [3.63, 3.8) is 0 Å². The van der Waals surface area contributed by atoms with E-state index >= 15 is 0 Å². The fourth-order valence-electron chi connectivity index (χ4n) is 0.591. The molecule has 0 aliphatic heterocycles. The molecule has 0 radical (unpaired) electrons. The summed E-state index contributed by atoms with van der Waals surface area (Å²) in [5.74, 6) is -1.96. The van der Waals surface area contributed by atoms with Crippen LogP contribution >= 0.6 is 0 Å². The first-order valence-corrected chi connectivity index (χ1v) is 4.39. The number of aliphatic carboxylic acids is 2. The second-order valence-electron chi connectivity index (χ2n) is 3.94. The summed E-state index contributed by atoms with van der Waals surface area (Å²) in [5, 5.41) is 19.4. The van der Waals surface area contributed by atoms with E-state index in [9.17, 15) is 19.8 Å². The van der Waals surface area contributed by atoms with Crippen molar-refractivity contribution in [1.82, 2.24) is 0 Å². The van der Waals surface area contributed by atoms with E-state index in [1.165, 1.54) is 0 Å². The summed E-state index contributed by atoms with van der Waals surface area (Å²) in [6.07, 6.45) is 0.850. The third-order valence-electron chi connectivity index (χ3n) is 1.06. The van der Waals surface area contributed by atoms with Crippen LogP contribution in [0.15, 0.2) is 0 Å². The number of carbonyl (C=O) groups is 2. The molecule has 5 nitrogen and oxygen atoms in total. The third kappa shape index (κ3) is 22.4. The zero-order valence-corrected chi connectivity index (χ0v) is 9.20. The molecule has 0 amide bonds. The van der Waals surface area contributed by atoms with Gasteiger partial charge in [-0.25, -0.2) is 0 Å². The van der Waals surface area contributed by atoms with Crippen molar-refractivity contribution in [2.45, 2.75) is 19.8 Å². The van der Waals surface area contributed by atoms with Crippen molar-refractivity contribution >= 4 is 11.9 Å². The lowest BCUT2D eigenvalue weighted by Gasteiger charge is -2.23. The van der Waals surface area contributed by atoms with Crippen LogP contribution in [0.3, 0.4) is 0 Å². The van der Waals surface area contributed by atoms with Crippen LogP contribution in [-0.4, -0.2) is 44.1 Å². The lowest BCUT2D eigenvalue weighted by Crippen LogP contribution is -2.45. The smallest absolute Gasteiger partial charge is 0.118 e. The first-order chi connectivity index (χ1) is 6.19. The minimum atomic E-state index is -1.00. The van der Waals surface area contributed by atoms with Crippen LogP contribution < -0.4 is 10.2 Å². The first-order valence-electron chi connectivity index (χ1n) is 4.39. The summed E-state index contributed by atoms with van der Waals surface area (Å²) in [6, 6.07) is 0. The van der Waals surface area contributed by atoms with E-state index in [2.05, 4.69) is 0 Å². The van der Waals surface area contributed by atoms with Gasteiger partial charge in [-0.15, -0.1) is 0 Å². The maximum absolute atomic E-state index is 9.89. The van der Waals surface area contributed by atoms with E-state index in [1.54, 1.807) is 28.1 Å². The molecule has 0 saturated carbocycles. The Morgan fingerprint density at radius 3 is 1.50 bits per heavy atom. The normalized spacial score (nSPS) is 10.0. The Bertz CT molecular complexity index is 184. The molecule has 0 bridgehead atoms. The zero-order valence-electron chi connectivity index (χ0n) is 9.20. The predicted octanol–water partition coefficient (Wildman–Crippen LogP) is -2.02. The molecule has 0 atom stereocenters. The first kappa shape index (κ1) is 15.4. The third-order valence-corrected chi connectivity index (χ3v) is 1.06. The maximum atomic E-state index is 9.89. The molecule has 0 rings (SSSR count). The number of nitrogens with zero attached hydrogens (tertiary/aromatic N) is 1. The fraction of sp³-hybridized carbons (Fsp3) is 0.778. The van der Waals surface area contributed by atoms with E-state index < -0.39 is 11.9 Å². The second-order valence-corrected chi connectivity index (χ2v) is 3.94. The largest absolute Gasteiger partial charge is 0.550 e. The summed E-state index contributed by atoms with van der Waals surface area (Å²) in [6.45, 7) is 1.87. The Morgan fingerprint density at radius 2 is 1.50 bits per heavy atom. The lowest BCUT2D eigenvalue weighted by molar-refractivity contribution is -0.864. The number of likely N-dealkylation sites (N-methyl/N-ethyl adjacent to an activating group) is 1. The highest BCUT2D eigenvalue weighted by molar-refractivity contribution is 5.65. The number of hydrogen-bond donors (Lipinski definition) is 0. The Hall–Kier alpha value is -1.10. The summed E-state index contributed by atoms with van der Waals surface area (Å²) >= 11 is 0. The fourth-order valence-corrected chi connectivity index (χ4v) is 0.591. The van der Waals surface area contributed by atoms with E-state index in [4.69, 9.17) is 0 Å². The van der Waals surface area contributed by atoms with E-state index in [-0.39, 0.29) is 13.0 Å². The van der Waals surface area contributed by atoms with Gasteiger partial charge in [0.1, 0.15) is 6.54 Å². The molecule has 0 spiro atoms. The monoisotopic (exact) mass is 204 g/mol. The minimum absolute atomic E-state index is 0.0694. The average Bonchev–Trinajstić information content (AvgIpc) is 1.80. The van der Waals surface area contributed by atoms with Crippen molar-refractivity contribution < 1.29 is 24.3 Å². The van der Waals surface area contributed by atoms with Gasteiger partial charge >= 0.3 is 0 Å². The highest BCUT2D eigenvalue weighted by atomic mass is 16.4. The Kier molecular flexibility index (Phi) is 8.04. The summed E-state index contributed by atoms with van der Waals surface area (Å²) in [5.41, 5.74) is 0. The molecule has 84 valence electrons. The number of carboxylic acid groups (broad SMARTS) is 2. The van der Waals surface area contributed by atoms with Crippen LogP contribution in [0, 0.1) is 0 Å². The van der Waals surface area contributed by atoms with Crippen molar-refractivity contribution in [2.75, 3.05) is 27.7 Å². The average molecular weight is 204 g/mol. The van der Waals surface area contributed by atoms with Gasteiger partial charge in [0.2, 0.25) is 0 Å². The van der Waals surface area contributed by atoms with Gasteiger partial charge in [0, 0.05) is 5.97 Å². The van der Waals surface area contributed by atoms with Crippen LogP contribution in [0.1, 0.15) is 19.8 Å². The number of carboxylic acids is 2. The number of carbonyl (C=O) groups excluding carboxylic acids is 2. The molecule has 0 heterocycles. The van der Waals surface area contributed by atoms with Crippen LogP contribution in [0.2, 0.25) is 0 Å². The maximum Gasteiger partial charge on any atom is 0.118 e. The Morgan fingerprint density at radius 1 is 1.07 bits per heavy atom. The van der Waals surface area contributed by atoms with E-state index in [1.807, 2.05) is 0 Å². The quantitative estimate of drug-likeness (QED) is 0.495. The molecule has 0 aliphatic rings. The highest BCUT2D eigenvalue weighted by Crippen LogP contribution is 1.84. The van der Waals surface area contributed by atoms with Gasteiger partial charge in [-0.3, -0.25) is 0 Å². The molecule has 5 heteroatoms. The molecule has 0 N–H and O–H groups in total. The summed E-state index contributed by atoms with van der Waals surface area (Å²) in [7, 11) is 5.40. The van der Waals surface area contributed by atoms with Gasteiger partial charge in [-0.05, 0) is 6.42 Å². The van der Waals surface area contributed by atoms with Crippen LogP contribution in [0.4, 0.5) is 0 Å². The number of hydrogen-bond acceptors (Lipinski definition) is 4. The SMILES string of the molecule is CCCC(=O)[O-].C[N+](C)(C)CC(=O)[O-]. The molecule has 0 fully saturated rings. The second kappa shape index (κ2) is 7.32. The molecular formula is C9H18NO4-. The molecule has 0 aromatic rings.